The summed E-state index contributed by atoms with van der Waals surface area (Å²) in [6.07, 6.45) is 0. The molecule has 1 nitrogen and oxygen atoms in total. The van der Waals surface area contributed by atoms with E-state index >= 15 is 0 Å². The molecule has 5 aromatic carbocycles. The summed E-state index contributed by atoms with van der Waals surface area (Å²) in [5, 5.41) is 17.1. The topological polar surface area (TPSA) is 20.2 Å². The van der Waals surface area contributed by atoms with E-state index in [-0.39, 0.29) is 0 Å². The van der Waals surface area contributed by atoms with E-state index in [1.807, 2.05) is 24.3 Å². The Morgan fingerprint density at radius 2 is 1.08 bits per heavy atom. The van der Waals surface area contributed by atoms with Crippen molar-refractivity contribution in [1.82, 2.24) is 0 Å². The number of phenolic OH excluding ortho intramolecular Hbond substituents is 1. The van der Waals surface area contributed by atoms with E-state index in [0.29, 0.717) is 5.75 Å². The molecule has 0 saturated heterocycles. The van der Waals surface area contributed by atoms with Crippen molar-refractivity contribution >= 4 is 32.3 Å². The fourth-order valence-electron chi connectivity index (χ4n) is 3.72. The average Bonchev–Trinajstić information content (AvgIpc) is 2.67. The molecular weight excluding hydrogens is 304 g/mol. The SMILES string of the molecule is Oc1ccc(-c2cccc3cc4ccccc4cc23)c2ccccc12. The van der Waals surface area contributed by atoms with E-state index in [9.17, 15) is 5.11 Å². The zero-order chi connectivity index (χ0) is 16.8. The zero-order valence-corrected chi connectivity index (χ0v) is 13.6. The third kappa shape index (κ3) is 2.17. The number of fused-ring (bicyclic) bond motifs is 3. The van der Waals surface area contributed by atoms with Crippen molar-refractivity contribution < 1.29 is 5.11 Å². The molecule has 0 aliphatic heterocycles. The molecule has 25 heavy (non-hydrogen) atoms. The van der Waals surface area contributed by atoms with Crippen molar-refractivity contribution in [1.29, 1.82) is 0 Å². The van der Waals surface area contributed by atoms with Gasteiger partial charge in [0.1, 0.15) is 5.75 Å². The first-order valence-electron chi connectivity index (χ1n) is 8.44. The number of rotatable bonds is 1. The molecule has 0 aliphatic rings. The molecule has 1 N–H and O–H groups in total. The van der Waals surface area contributed by atoms with Crippen LogP contribution in [0.3, 0.4) is 0 Å². The first-order chi connectivity index (χ1) is 12.3. The highest BCUT2D eigenvalue weighted by Crippen LogP contribution is 2.38. The molecule has 0 unspecified atom stereocenters. The largest absolute Gasteiger partial charge is 0.507 e. The van der Waals surface area contributed by atoms with Crippen molar-refractivity contribution in [3.05, 3.63) is 91.0 Å². The van der Waals surface area contributed by atoms with Crippen LogP contribution in [-0.4, -0.2) is 5.11 Å². The maximum Gasteiger partial charge on any atom is 0.123 e. The average molecular weight is 320 g/mol. The predicted octanol–water partition coefficient (Wildman–Crippen LogP) is 6.52. The fourth-order valence-corrected chi connectivity index (χ4v) is 3.72. The molecule has 0 atom stereocenters. The Hall–Kier alpha value is -3.32. The van der Waals surface area contributed by atoms with Crippen LogP contribution in [0.2, 0.25) is 0 Å². The van der Waals surface area contributed by atoms with E-state index < -0.39 is 0 Å². The second-order valence-electron chi connectivity index (χ2n) is 6.40. The molecule has 1 heteroatoms. The van der Waals surface area contributed by atoms with Crippen molar-refractivity contribution in [2.75, 3.05) is 0 Å². The summed E-state index contributed by atoms with van der Waals surface area (Å²) in [7, 11) is 0. The fraction of sp³-hybridized carbons (Fsp3) is 0. The molecule has 0 aliphatic carbocycles. The molecule has 0 saturated carbocycles. The smallest absolute Gasteiger partial charge is 0.123 e. The quantitative estimate of drug-likeness (QED) is 0.349. The summed E-state index contributed by atoms with van der Waals surface area (Å²) in [6, 6.07) is 31.2. The number of hydrogen-bond acceptors (Lipinski definition) is 1. The summed E-state index contributed by atoms with van der Waals surface area (Å²) in [6.45, 7) is 0. The standard InChI is InChI=1S/C24H16O/c25-24-13-12-21(19-9-3-4-10-22(19)24)20-11-5-8-18-14-16-6-1-2-7-17(16)15-23(18)20/h1-15,25H. The molecule has 0 heterocycles. The number of phenols is 1. The monoisotopic (exact) mass is 320 g/mol. The molecule has 0 radical (unpaired) electrons. The summed E-state index contributed by atoms with van der Waals surface area (Å²) in [4.78, 5) is 0. The Labute approximate surface area is 145 Å². The summed E-state index contributed by atoms with van der Waals surface area (Å²) < 4.78 is 0. The number of benzene rings is 5. The lowest BCUT2D eigenvalue weighted by Crippen LogP contribution is -1.85. The molecule has 118 valence electrons. The zero-order valence-electron chi connectivity index (χ0n) is 13.6. The van der Waals surface area contributed by atoms with E-state index in [1.54, 1.807) is 6.07 Å². The molecule has 5 rings (SSSR count). The summed E-state index contributed by atoms with van der Waals surface area (Å²) in [5.41, 5.74) is 2.34. The van der Waals surface area contributed by atoms with Gasteiger partial charge >= 0.3 is 0 Å². The van der Waals surface area contributed by atoms with Crippen LogP contribution in [0.15, 0.2) is 91.0 Å². The van der Waals surface area contributed by atoms with Gasteiger partial charge in [-0.1, -0.05) is 72.8 Å². The van der Waals surface area contributed by atoms with Crippen molar-refractivity contribution in [3.63, 3.8) is 0 Å². The van der Waals surface area contributed by atoms with E-state index in [1.165, 1.54) is 27.1 Å². The molecule has 5 aromatic rings. The molecule has 0 amide bonds. The van der Waals surface area contributed by atoms with Gasteiger partial charge in [0, 0.05) is 5.39 Å². The lowest BCUT2D eigenvalue weighted by atomic mass is 9.92. The first-order valence-corrected chi connectivity index (χ1v) is 8.44. The van der Waals surface area contributed by atoms with Gasteiger partial charge < -0.3 is 5.11 Å². The van der Waals surface area contributed by atoms with Gasteiger partial charge in [-0.05, 0) is 56.3 Å². The highest BCUT2D eigenvalue weighted by atomic mass is 16.3. The minimum absolute atomic E-state index is 0.324. The Balaban J connectivity index is 1.90. The Morgan fingerprint density at radius 1 is 0.440 bits per heavy atom. The molecule has 0 fully saturated rings. The van der Waals surface area contributed by atoms with Gasteiger partial charge in [0.15, 0.2) is 0 Å². The molecule has 0 spiro atoms. The molecular formula is C24H16O. The number of hydrogen-bond donors (Lipinski definition) is 1. The van der Waals surface area contributed by atoms with Gasteiger partial charge in [-0.25, -0.2) is 0 Å². The summed E-state index contributed by atoms with van der Waals surface area (Å²) in [5.74, 6) is 0.324. The van der Waals surface area contributed by atoms with Crippen LogP contribution < -0.4 is 0 Å². The van der Waals surface area contributed by atoms with Crippen LogP contribution in [0.25, 0.3) is 43.4 Å². The van der Waals surface area contributed by atoms with Crippen LogP contribution in [-0.2, 0) is 0 Å². The van der Waals surface area contributed by atoms with Crippen LogP contribution in [0.4, 0.5) is 0 Å². The highest BCUT2D eigenvalue weighted by Gasteiger charge is 2.10. The lowest BCUT2D eigenvalue weighted by molar-refractivity contribution is 0.481. The second kappa shape index (κ2) is 5.35. The lowest BCUT2D eigenvalue weighted by Gasteiger charge is -2.12. The Morgan fingerprint density at radius 3 is 1.92 bits per heavy atom. The third-order valence-electron chi connectivity index (χ3n) is 4.94. The van der Waals surface area contributed by atoms with Crippen molar-refractivity contribution in [2.45, 2.75) is 0 Å². The van der Waals surface area contributed by atoms with Gasteiger partial charge in [-0.2, -0.15) is 0 Å². The highest BCUT2D eigenvalue weighted by molar-refractivity contribution is 6.10. The van der Waals surface area contributed by atoms with Crippen LogP contribution in [0.1, 0.15) is 0 Å². The van der Waals surface area contributed by atoms with Crippen molar-refractivity contribution in [2.24, 2.45) is 0 Å². The Kier molecular flexibility index (Phi) is 3.01. The van der Waals surface area contributed by atoms with Crippen LogP contribution in [0.5, 0.6) is 5.75 Å². The molecule has 0 bridgehead atoms. The second-order valence-corrected chi connectivity index (χ2v) is 6.40. The number of aromatic hydroxyl groups is 1. The van der Waals surface area contributed by atoms with Crippen LogP contribution >= 0.6 is 0 Å². The van der Waals surface area contributed by atoms with Gasteiger partial charge in [0.05, 0.1) is 0 Å². The van der Waals surface area contributed by atoms with E-state index in [0.717, 1.165) is 16.3 Å². The predicted molar refractivity (Wildman–Crippen MR) is 106 cm³/mol. The van der Waals surface area contributed by atoms with Crippen LogP contribution in [0, 0.1) is 0 Å². The maximum atomic E-state index is 10.2. The third-order valence-corrected chi connectivity index (χ3v) is 4.94. The first kappa shape index (κ1) is 14.1. The van der Waals surface area contributed by atoms with Gasteiger partial charge in [0.25, 0.3) is 0 Å². The van der Waals surface area contributed by atoms with E-state index in [2.05, 4.69) is 60.7 Å². The molecule has 0 aromatic heterocycles. The summed E-state index contributed by atoms with van der Waals surface area (Å²) >= 11 is 0. The van der Waals surface area contributed by atoms with E-state index in [4.69, 9.17) is 0 Å². The normalized spacial score (nSPS) is 11.4. The minimum atomic E-state index is 0.324. The van der Waals surface area contributed by atoms with Gasteiger partial charge in [-0.3, -0.25) is 0 Å². The van der Waals surface area contributed by atoms with Gasteiger partial charge in [0.2, 0.25) is 0 Å². The Bertz CT molecular complexity index is 1250. The van der Waals surface area contributed by atoms with Gasteiger partial charge in [-0.15, -0.1) is 0 Å². The van der Waals surface area contributed by atoms with Crippen molar-refractivity contribution in [3.8, 4) is 16.9 Å². The minimum Gasteiger partial charge on any atom is -0.507 e. The maximum absolute atomic E-state index is 10.2.